The third kappa shape index (κ3) is 3.70. The molecular weight excluding hydrogens is 250 g/mol. The predicted octanol–water partition coefficient (Wildman–Crippen LogP) is 1.88. The second-order valence-corrected chi connectivity index (χ2v) is 4.42. The number of hydrogen-bond acceptors (Lipinski definition) is 4. The van der Waals surface area contributed by atoms with Gasteiger partial charge >= 0.3 is 5.97 Å². The molecule has 2 N–H and O–H groups in total. The van der Waals surface area contributed by atoms with E-state index in [0.717, 1.165) is 22.4 Å². The summed E-state index contributed by atoms with van der Waals surface area (Å²) in [6, 6.07) is 3.76. The lowest BCUT2D eigenvalue weighted by atomic mass is 10.1. The van der Waals surface area contributed by atoms with Gasteiger partial charge in [0.2, 0.25) is 0 Å². The fraction of sp³-hybridized carbons (Fsp3) is 0.385. The summed E-state index contributed by atoms with van der Waals surface area (Å²) in [7, 11) is 1.36. The number of hydrogen-bond donors (Lipinski definition) is 1. The second kappa shape index (κ2) is 6.35. The van der Waals surface area contributed by atoms with Crippen molar-refractivity contribution in [1.82, 2.24) is 0 Å². The maximum atomic E-state index is 11.0. The maximum Gasteiger partial charge on any atom is 0.308 e. The average Bonchev–Trinajstić information content (AvgIpc) is 2.31. The molecule has 0 aliphatic rings. The number of nitrogens with two attached hydrogens (primary N) is 1. The highest BCUT2D eigenvalue weighted by atomic mass is 32.1. The Hall–Kier alpha value is -1.62. The summed E-state index contributed by atoms with van der Waals surface area (Å²) < 4.78 is 10.1. The minimum atomic E-state index is -0.287. The molecule has 1 rings (SSSR count). The molecule has 0 heterocycles. The molecule has 0 atom stereocenters. The Morgan fingerprint density at radius 2 is 1.89 bits per heavy atom. The highest BCUT2D eigenvalue weighted by molar-refractivity contribution is 7.80. The lowest BCUT2D eigenvalue weighted by Crippen LogP contribution is -2.12. The van der Waals surface area contributed by atoms with Crippen LogP contribution in [0.2, 0.25) is 0 Å². The Morgan fingerprint density at radius 1 is 1.33 bits per heavy atom. The van der Waals surface area contributed by atoms with Crippen molar-refractivity contribution in [3.63, 3.8) is 0 Å². The van der Waals surface area contributed by atoms with Crippen LogP contribution in [0.25, 0.3) is 0 Å². The van der Waals surface area contributed by atoms with E-state index in [1.807, 2.05) is 26.0 Å². The smallest absolute Gasteiger partial charge is 0.308 e. The Morgan fingerprint density at radius 3 is 2.33 bits per heavy atom. The monoisotopic (exact) mass is 267 g/mol. The van der Waals surface area contributed by atoms with E-state index in [4.69, 9.17) is 22.7 Å². The van der Waals surface area contributed by atoms with Crippen LogP contribution in [0.4, 0.5) is 0 Å². The lowest BCUT2D eigenvalue weighted by Gasteiger charge is -2.13. The number of benzene rings is 1. The Kier molecular flexibility index (Phi) is 5.09. The third-order valence-corrected chi connectivity index (χ3v) is 2.76. The highest BCUT2D eigenvalue weighted by Gasteiger charge is 2.09. The van der Waals surface area contributed by atoms with E-state index in [1.165, 1.54) is 7.11 Å². The normalized spacial score (nSPS) is 9.94. The van der Waals surface area contributed by atoms with Gasteiger partial charge in [0.05, 0.1) is 20.1 Å². The highest BCUT2D eigenvalue weighted by Crippen LogP contribution is 2.25. The molecule has 0 radical (unpaired) electrons. The minimum Gasteiger partial charge on any atom is -0.492 e. The second-order valence-electron chi connectivity index (χ2n) is 3.98. The van der Waals surface area contributed by atoms with Gasteiger partial charge in [0, 0.05) is 5.56 Å². The zero-order valence-electron chi connectivity index (χ0n) is 10.8. The summed E-state index contributed by atoms with van der Waals surface area (Å²) in [6.07, 6.45) is 0.229. The van der Waals surface area contributed by atoms with Crippen molar-refractivity contribution in [2.24, 2.45) is 5.73 Å². The predicted molar refractivity (Wildman–Crippen MR) is 73.9 cm³/mol. The molecule has 0 spiro atoms. The molecule has 0 amide bonds. The number of carbonyl (C=O) groups excluding carboxylic acids is 1. The molecule has 1 aromatic carbocycles. The standard InChI is InChI=1S/C13H17NO3S/c1-8-6-10(13(14)18)7-9(2)12(8)17-5-4-11(15)16-3/h6-7H,4-5H2,1-3H3,(H2,14,18). The summed E-state index contributed by atoms with van der Waals surface area (Å²) in [4.78, 5) is 11.3. The maximum absolute atomic E-state index is 11.0. The van der Waals surface area contributed by atoms with Gasteiger partial charge in [-0.1, -0.05) is 12.2 Å². The van der Waals surface area contributed by atoms with Crippen LogP contribution in [0.1, 0.15) is 23.1 Å². The van der Waals surface area contributed by atoms with Crippen LogP contribution in [0.5, 0.6) is 5.75 Å². The van der Waals surface area contributed by atoms with Gasteiger partial charge in [-0.05, 0) is 37.1 Å². The molecule has 98 valence electrons. The summed E-state index contributed by atoms with van der Waals surface area (Å²) >= 11 is 4.94. The molecule has 1 aromatic rings. The van der Waals surface area contributed by atoms with E-state index in [0.29, 0.717) is 11.6 Å². The quantitative estimate of drug-likeness (QED) is 0.652. The van der Waals surface area contributed by atoms with Gasteiger partial charge in [0.1, 0.15) is 10.7 Å². The van der Waals surface area contributed by atoms with Crippen LogP contribution in [-0.2, 0) is 9.53 Å². The molecule has 0 saturated heterocycles. The Labute approximate surface area is 112 Å². The molecule has 4 nitrogen and oxygen atoms in total. The fourth-order valence-corrected chi connectivity index (χ4v) is 1.78. The van der Waals surface area contributed by atoms with E-state index < -0.39 is 0 Å². The first-order valence-corrected chi connectivity index (χ1v) is 5.97. The number of ether oxygens (including phenoxy) is 2. The van der Waals surface area contributed by atoms with Crippen molar-refractivity contribution < 1.29 is 14.3 Å². The van der Waals surface area contributed by atoms with Gasteiger partial charge in [-0.25, -0.2) is 0 Å². The van der Waals surface area contributed by atoms with E-state index in [-0.39, 0.29) is 12.4 Å². The number of esters is 1. The SMILES string of the molecule is COC(=O)CCOc1c(C)cc(C(N)=S)cc1C. The molecule has 0 saturated carbocycles. The average molecular weight is 267 g/mol. The van der Waals surface area contributed by atoms with Crippen LogP contribution in [-0.4, -0.2) is 24.7 Å². The number of aryl methyl sites for hydroxylation is 2. The summed E-state index contributed by atoms with van der Waals surface area (Å²) in [5.74, 6) is 0.476. The van der Waals surface area contributed by atoms with E-state index in [2.05, 4.69) is 4.74 Å². The zero-order chi connectivity index (χ0) is 13.7. The van der Waals surface area contributed by atoms with Crippen molar-refractivity contribution in [3.8, 4) is 5.75 Å². The van der Waals surface area contributed by atoms with Crippen molar-refractivity contribution in [2.75, 3.05) is 13.7 Å². The molecule has 0 aromatic heterocycles. The minimum absolute atomic E-state index is 0.229. The van der Waals surface area contributed by atoms with Crippen molar-refractivity contribution in [3.05, 3.63) is 28.8 Å². The van der Waals surface area contributed by atoms with Crippen molar-refractivity contribution in [1.29, 1.82) is 0 Å². The lowest BCUT2D eigenvalue weighted by molar-refractivity contribution is -0.141. The van der Waals surface area contributed by atoms with E-state index in [1.54, 1.807) is 0 Å². The first-order valence-electron chi connectivity index (χ1n) is 5.56. The van der Waals surface area contributed by atoms with Crippen LogP contribution in [0, 0.1) is 13.8 Å². The first-order chi connectivity index (χ1) is 8.45. The molecule has 0 aliphatic heterocycles. The summed E-state index contributed by atoms with van der Waals surface area (Å²) in [5, 5.41) is 0. The van der Waals surface area contributed by atoms with Crippen LogP contribution >= 0.6 is 12.2 Å². The van der Waals surface area contributed by atoms with Gasteiger partial charge < -0.3 is 15.2 Å². The number of rotatable bonds is 5. The molecule has 0 aliphatic carbocycles. The molecule has 0 bridgehead atoms. The van der Waals surface area contributed by atoms with Gasteiger partial charge in [0.25, 0.3) is 0 Å². The van der Waals surface area contributed by atoms with Gasteiger partial charge in [0.15, 0.2) is 0 Å². The molecule has 0 fully saturated rings. The number of thiocarbonyl (C=S) groups is 1. The van der Waals surface area contributed by atoms with Gasteiger partial charge in [-0.3, -0.25) is 4.79 Å². The van der Waals surface area contributed by atoms with E-state index >= 15 is 0 Å². The van der Waals surface area contributed by atoms with Crippen molar-refractivity contribution >= 4 is 23.2 Å². The van der Waals surface area contributed by atoms with Gasteiger partial charge in [-0.2, -0.15) is 0 Å². The first kappa shape index (κ1) is 14.4. The number of methoxy groups -OCH3 is 1. The molecule has 18 heavy (non-hydrogen) atoms. The van der Waals surface area contributed by atoms with E-state index in [9.17, 15) is 4.79 Å². The molecular formula is C13H17NO3S. The van der Waals surface area contributed by atoms with Crippen LogP contribution < -0.4 is 10.5 Å². The summed E-state index contributed by atoms with van der Waals surface area (Å²) in [6.45, 7) is 4.13. The largest absolute Gasteiger partial charge is 0.492 e. The van der Waals surface area contributed by atoms with Crippen LogP contribution in [0.15, 0.2) is 12.1 Å². The Balaban J connectivity index is 2.78. The molecule has 0 unspecified atom stereocenters. The fourth-order valence-electron chi connectivity index (χ4n) is 1.66. The van der Waals surface area contributed by atoms with Crippen LogP contribution in [0.3, 0.4) is 0 Å². The number of carbonyl (C=O) groups is 1. The zero-order valence-corrected chi connectivity index (χ0v) is 11.6. The summed E-state index contributed by atoms with van der Waals surface area (Å²) in [5.41, 5.74) is 8.30. The molecule has 5 heteroatoms. The van der Waals surface area contributed by atoms with Crippen molar-refractivity contribution in [2.45, 2.75) is 20.3 Å². The Bertz CT molecular complexity index is 448. The third-order valence-electron chi connectivity index (χ3n) is 2.53. The topological polar surface area (TPSA) is 61.5 Å². The van der Waals surface area contributed by atoms with Gasteiger partial charge in [-0.15, -0.1) is 0 Å².